The lowest BCUT2D eigenvalue weighted by Gasteiger charge is -2.29. The van der Waals surface area contributed by atoms with E-state index >= 15 is 0 Å². The van der Waals surface area contributed by atoms with E-state index in [4.69, 9.17) is 9.26 Å². The lowest BCUT2D eigenvalue weighted by molar-refractivity contribution is 0.0888. The van der Waals surface area contributed by atoms with E-state index in [1.807, 2.05) is 25.3 Å². The zero-order chi connectivity index (χ0) is 16.2. The van der Waals surface area contributed by atoms with Crippen LogP contribution in [0.2, 0.25) is 0 Å². The Kier molecular flexibility index (Phi) is 4.60. The zero-order valence-corrected chi connectivity index (χ0v) is 13.4. The van der Waals surface area contributed by atoms with Gasteiger partial charge in [-0.1, -0.05) is 11.2 Å². The van der Waals surface area contributed by atoms with Crippen molar-refractivity contribution >= 4 is 5.91 Å². The molecule has 6 nitrogen and oxygen atoms in total. The number of nitrogens with one attached hydrogen (secondary N) is 1. The summed E-state index contributed by atoms with van der Waals surface area (Å²) in [5, 5.41) is 6.68. The Morgan fingerprint density at radius 1 is 1.22 bits per heavy atom. The third-order valence-corrected chi connectivity index (χ3v) is 4.18. The third kappa shape index (κ3) is 3.88. The van der Waals surface area contributed by atoms with E-state index in [1.165, 1.54) is 6.20 Å². The SMILES string of the molecule is Cc1ccc(OC2CCC(NC(=O)c3cnoc3C)CC2)nc1. The molecule has 0 unspecified atom stereocenters. The molecular formula is C17H21N3O3. The van der Waals surface area contributed by atoms with E-state index in [0.717, 1.165) is 31.2 Å². The molecule has 0 bridgehead atoms. The molecular weight excluding hydrogens is 294 g/mol. The molecule has 23 heavy (non-hydrogen) atoms. The molecule has 2 heterocycles. The zero-order valence-electron chi connectivity index (χ0n) is 13.4. The Labute approximate surface area is 135 Å². The first kappa shape index (κ1) is 15.5. The third-order valence-electron chi connectivity index (χ3n) is 4.18. The van der Waals surface area contributed by atoms with E-state index in [2.05, 4.69) is 15.5 Å². The maximum atomic E-state index is 12.1. The first-order valence-electron chi connectivity index (χ1n) is 7.93. The highest BCUT2D eigenvalue weighted by Crippen LogP contribution is 2.23. The van der Waals surface area contributed by atoms with Crippen molar-refractivity contribution < 1.29 is 14.1 Å². The van der Waals surface area contributed by atoms with Gasteiger partial charge in [0.2, 0.25) is 5.88 Å². The van der Waals surface area contributed by atoms with Crippen LogP contribution in [0.1, 0.15) is 47.4 Å². The van der Waals surface area contributed by atoms with Gasteiger partial charge in [0.1, 0.15) is 17.4 Å². The Balaban J connectivity index is 1.48. The first-order chi connectivity index (χ1) is 11.1. The lowest BCUT2D eigenvalue weighted by Crippen LogP contribution is -2.39. The summed E-state index contributed by atoms with van der Waals surface area (Å²) in [5.41, 5.74) is 1.63. The number of pyridine rings is 1. The fourth-order valence-electron chi connectivity index (χ4n) is 2.80. The Hall–Kier alpha value is -2.37. The number of nitrogens with zero attached hydrogens (tertiary/aromatic N) is 2. The maximum Gasteiger partial charge on any atom is 0.256 e. The quantitative estimate of drug-likeness (QED) is 0.938. The minimum atomic E-state index is -0.117. The second-order valence-corrected chi connectivity index (χ2v) is 6.03. The summed E-state index contributed by atoms with van der Waals surface area (Å²) in [4.78, 5) is 16.4. The topological polar surface area (TPSA) is 77.2 Å². The molecule has 1 fully saturated rings. The van der Waals surface area contributed by atoms with Gasteiger partial charge >= 0.3 is 0 Å². The number of rotatable bonds is 4. The molecule has 2 aromatic heterocycles. The fourth-order valence-corrected chi connectivity index (χ4v) is 2.80. The van der Waals surface area contributed by atoms with Crippen molar-refractivity contribution in [1.82, 2.24) is 15.5 Å². The van der Waals surface area contributed by atoms with Gasteiger partial charge in [0.05, 0.1) is 6.20 Å². The molecule has 0 radical (unpaired) electrons. The van der Waals surface area contributed by atoms with Crippen molar-refractivity contribution in [2.75, 3.05) is 0 Å². The fraction of sp³-hybridized carbons (Fsp3) is 0.471. The van der Waals surface area contributed by atoms with Crippen LogP contribution in [-0.4, -0.2) is 28.2 Å². The highest BCUT2D eigenvalue weighted by Gasteiger charge is 2.25. The number of carbonyl (C=O) groups is 1. The summed E-state index contributed by atoms with van der Waals surface area (Å²) < 4.78 is 10.8. The molecule has 0 spiro atoms. The Morgan fingerprint density at radius 3 is 2.61 bits per heavy atom. The minimum absolute atomic E-state index is 0.117. The average Bonchev–Trinajstić information content (AvgIpc) is 2.98. The monoisotopic (exact) mass is 315 g/mol. The van der Waals surface area contributed by atoms with Crippen molar-refractivity contribution in [2.45, 2.75) is 51.7 Å². The smallest absolute Gasteiger partial charge is 0.256 e. The number of hydrogen-bond donors (Lipinski definition) is 1. The molecule has 0 atom stereocenters. The summed E-state index contributed by atoms with van der Waals surface area (Å²) in [5.74, 6) is 1.10. The number of amides is 1. The summed E-state index contributed by atoms with van der Waals surface area (Å²) in [6.45, 7) is 3.74. The highest BCUT2D eigenvalue weighted by molar-refractivity contribution is 5.94. The van der Waals surface area contributed by atoms with Crippen LogP contribution < -0.4 is 10.1 Å². The largest absolute Gasteiger partial charge is 0.474 e. The lowest BCUT2D eigenvalue weighted by atomic mass is 9.92. The van der Waals surface area contributed by atoms with Gasteiger partial charge in [-0.15, -0.1) is 0 Å². The summed E-state index contributed by atoms with van der Waals surface area (Å²) in [7, 11) is 0. The second kappa shape index (κ2) is 6.81. The number of aryl methyl sites for hydroxylation is 2. The predicted octanol–water partition coefficient (Wildman–Crippen LogP) is 2.81. The van der Waals surface area contributed by atoms with Gasteiger partial charge in [0.15, 0.2) is 0 Å². The number of hydrogen-bond acceptors (Lipinski definition) is 5. The molecule has 1 amide bonds. The maximum absolute atomic E-state index is 12.1. The van der Waals surface area contributed by atoms with E-state index in [0.29, 0.717) is 17.2 Å². The van der Waals surface area contributed by atoms with Crippen molar-refractivity contribution in [3.05, 3.63) is 41.4 Å². The number of aromatic nitrogens is 2. The molecule has 1 N–H and O–H groups in total. The van der Waals surface area contributed by atoms with Gasteiger partial charge < -0.3 is 14.6 Å². The van der Waals surface area contributed by atoms with E-state index in [9.17, 15) is 4.79 Å². The van der Waals surface area contributed by atoms with E-state index in [-0.39, 0.29) is 18.1 Å². The van der Waals surface area contributed by atoms with E-state index < -0.39 is 0 Å². The Bertz CT molecular complexity index is 658. The highest BCUT2D eigenvalue weighted by atomic mass is 16.5. The van der Waals surface area contributed by atoms with Crippen molar-refractivity contribution in [1.29, 1.82) is 0 Å². The molecule has 2 aromatic rings. The summed E-state index contributed by atoms with van der Waals surface area (Å²) in [6, 6.07) is 4.07. The van der Waals surface area contributed by atoms with Crippen LogP contribution in [0.25, 0.3) is 0 Å². The molecule has 122 valence electrons. The van der Waals surface area contributed by atoms with Gasteiger partial charge in [-0.2, -0.15) is 0 Å². The molecule has 6 heteroatoms. The van der Waals surface area contributed by atoms with Crippen LogP contribution in [0, 0.1) is 13.8 Å². The van der Waals surface area contributed by atoms with Gasteiger partial charge in [-0.05, 0) is 45.1 Å². The van der Waals surface area contributed by atoms with Crippen LogP contribution in [0.3, 0.4) is 0 Å². The second-order valence-electron chi connectivity index (χ2n) is 6.03. The first-order valence-corrected chi connectivity index (χ1v) is 7.93. The van der Waals surface area contributed by atoms with Gasteiger partial charge in [0.25, 0.3) is 5.91 Å². The van der Waals surface area contributed by atoms with Crippen molar-refractivity contribution in [3.63, 3.8) is 0 Å². The van der Waals surface area contributed by atoms with Crippen molar-refractivity contribution in [2.24, 2.45) is 0 Å². The molecule has 0 saturated heterocycles. The predicted molar refractivity (Wildman–Crippen MR) is 84.4 cm³/mol. The van der Waals surface area contributed by atoms with Crippen LogP contribution >= 0.6 is 0 Å². The Morgan fingerprint density at radius 2 is 2.00 bits per heavy atom. The van der Waals surface area contributed by atoms with Crippen molar-refractivity contribution in [3.8, 4) is 5.88 Å². The van der Waals surface area contributed by atoms with Crippen LogP contribution in [0.4, 0.5) is 0 Å². The summed E-state index contributed by atoms with van der Waals surface area (Å²) >= 11 is 0. The van der Waals surface area contributed by atoms with Gasteiger partial charge in [-0.25, -0.2) is 4.98 Å². The normalized spacial score (nSPS) is 21.0. The number of carbonyl (C=O) groups excluding carboxylic acids is 1. The van der Waals surface area contributed by atoms with Crippen LogP contribution in [-0.2, 0) is 0 Å². The molecule has 1 aliphatic carbocycles. The molecule has 3 rings (SSSR count). The molecule has 0 aliphatic heterocycles. The molecule has 1 aliphatic rings. The van der Waals surface area contributed by atoms with Gasteiger partial charge in [-0.3, -0.25) is 4.79 Å². The van der Waals surface area contributed by atoms with Crippen LogP contribution in [0.5, 0.6) is 5.88 Å². The minimum Gasteiger partial charge on any atom is -0.474 e. The summed E-state index contributed by atoms with van der Waals surface area (Å²) in [6.07, 6.45) is 7.03. The standard InChI is InChI=1S/C17H21N3O3/c1-11-3-8-16(18-9-11)22-14-6-4-13(5-7-14)20-17(21)15-10-19-23-12(15)2/h3,8-10,13-14H,4-7H2,1-2H3,(H,20,21). The number of ether oxygens (including phenoxy) is 1. The van der Waals surface area contributed by atoms with E-state index in [1.54, 1.807) is 6.92 Å². The van der Waals surface area contributed by atoms with Crippen LogP contribution in [0.15, 0.2) is 29.0 Å². The molecule has 1 saturated carbocycles. The average molecular weight is 315 g/mol. The molecule has 0 aromatic carbocycles. The van der Waals surface area contributed by atoms with Gasteiger partial charge in [0, 0.05) is 18.3 Å².